The summed E-state index contributed by atoms with van der Waals surface area (Å²) < 4.78 is 6.50. The Morgan fingerprint density at radius 2 is 2.28 bits per heavy atom. The molecule has 0 bridgehead atoms. The average Bonchev–Trinajstić information content (AvgIpc) is 2.83. The summed E-state index contributed by atoms with van der Waals surface area (Å²) in [5.74, 6) is 0.964. The molecule has 0 aromatic heterocycles. The number of ether oxygens (including phenoxy) is 1. The third-order valence-corrected chi connectivity index (χ3v) is 3.81. The molecule has 0 saturated carbocycles. The van der Waals surface area contributed by atoms with E-state index in [0.717, 1.165) is 29.9 Å². The number of hydrogen-bond acceptors (Lipinski definition) is 3. The van der Waals surface area contributed by atoms with E-state index in [0.29, 0.717) is 6.04 Å². The van der Waals surface area contributed by atoms with Crippen molar-refractivity contribution in [2.45, 2.75) is 19.0 Å². The van der Waals surface area contributed by atoms with Crippen LogP contribution in [0.4, 0.5) is 0 Å². The van der Waals surface area contributed by atoms with Crippen molar-refractivity contribution >= 4 is 28.3 Å². The lowest BCUT2D eigenvalue weighted by molar-refractivity contribution is 0.245. The van der Waals surface area contributed by atoms with Crippen molar-refractivity contribution in [3.8, 4) is 5.75 Å². The van der Waals surface area contributed by atoms with E-state index in [4.69, 9.17) is 4.74 Å². The number of rotatable bonds is 4. The van der Waals surface area contributed by atoms with Gasteiger partial charge in [-0.15, -0.1) is 12.4 Å². The molecule has 1 N–H and O–H groups in total. The van der Waals surface area contributed by atoms with E-state index >= 15 is 0 Å². The van der Waals surface area contributed by atoms with E-state index in [1.807, 2.05) is 12.1 Å². The fourth-order valence-electron chi connectivity index (χ4n) is 2.28. The molecule has 3 nitrogen and oxygen atoms in total. The zero-order chi connectivity index (χ0) is 12.3. The molecule has 18 heavy (non-hydrogen) atoms. The van der Waals surface area contributed by atoms with E-state index in [1.165, 1.54) is 12.0 Å². The van der Waals surface area contributed by atoms with Crippen LogP contribution < -0.4 is 10.1 Å². The molecule has 0 aliphatic carbocycles. The molecule has 1 atom stereocenters. The van der Waals surface area contributed by atoms with Gasteiger partial charge < -0.3 is 10.1 Å². The molecular formula is C13H20BrClN2O. The van der Waals surface area contributed by atoms with Gasteiger partial charge in [0.05, 0.1) is 7.11 Å². The van der Waals surface area contributed by atoms with Gasteiger partial charge in [0.25, 0.3) is 0 Å². The standard InChI is InChI=1S/C13H19BrN2O.ClH/c1-16(12-5-6-15-8-12)9-10-7-11(14)3-4-13(10)17-2;/h3-4,7,12,15H,5-6,8-9H2,1-2H3;1H. The Hall–Kier alpha value is -0.290. The second-order valence-corrected chi connectivity index (χ2v) is 5.43. The first-order valence-electron chi connectivity index (χ1n) is 5.94. The molecule has 1 aromatic rings. The molecule has 1 heterocycles. The highest BCUT2D eigenvalue weighted by atomic mass is 79.9. The number of methoxy groups -OCH3 is 1. The van der Waals surface area contributed by atoms with E-state index in [-0.39, 0.29) is 12.4 Å². The van der Waals surface area contributed by atoms with Crippen molar-refractivity contribution in [3.63, 3.8) is 0 Å². The highest BCUT2D eigenvalue weighted by Crippen LogP contribution is 2.25. The van der Waals surface area contributed by atoms with Gasteiger partial charge in [-0.3, -0.25) is 4.90 Å². The lowest BCUT2D eigenvalue weighted by Gasteiger charge is -2.24. The Kier molecular flexibility index (Phi) is 6.43. The number of nitrogens with zero attached hydrogens (tertiary/aromatic N) is 1. The van der Waals surface area contributed by atoms with Crippen LogP contribution in [0.25, 0.3) is 0 Å². The van der Waals surface area contributed by atoms with Crippen LogP contribution in [0.15, 0.2) is 22.7 Å². The zero-order valence-corrected chi connectivity index (χ0v) is 13.2. The number of hydrogen-bond donors (Lipinski definition) is 1. The van der Waals surface area contributed by atoms with Crippen molar-refractivity contribution in [2.24, 2.45) is 0 Å². The number of benzene rings is 1. The monoisotopic (exact) mass is 334 g/mol. The topological polar surface area (TPSA) is 24.5 Å². The fourth-order valence-corrected chi connectivity index (χ4v) is 2.69. The summed E-state index contributed by atoms with van der Waals surface area (Å²) >= 11 is 3.51. The first kappa shape index (κ1) is 15.8. The second-order valence-electron chi connectivity index (χ2n) is 4.52. The Morgan fingerprint density at radius 3 is 2.89 bits per heavy atom. The van der Waals surface area contributed by atoms with Crippen LogP contribution in [0.2, 0.25) is 0 Å². The normalized spacial score (nSPS) is 18.8. The van der Waals surface area contributed by atoms with Crippen molar-refractivity contribution in [2.75, 3.05) is 27.2 Å². The van der Waals surface area contributed by atoms with Crippen LogP contribution >= 0.6 is 28.3 Å². The molecule has 2 rings (SSSR count). The molecular weight excluding hydrogens is 316 g/mol. The lowest BCUT2D eigenvalue weighted by atomic mass is 10.1. The van der Waals surface area contributed by atoms with Gasteiger partial charge in [0, 0.05) is 29.2 Å². The first-order chi connectivity index (χ1) is 8.20. The minimum Gasteiger partial charge on any atom is -0.496 e. The first-order valence-corrected chi connectivity index (χ1v) is 6.73. The lowest BCUT2D eigenvalue weighted by Crippen LogP contribution is -2.32. The predicted molar refractivity (Wildman–Crippen MR) is 80.7 cm³/mol. The molecule has 5 heteroatoms. The Bertz CT molecular complexity index is 383. The minimum absolute atomic E-state index is 0. The van der Waals surface area contributed by atoms with Crippen LogP contribution in [0.5, 0.6) is 5.75 Å². The molecule has 1 saturated heterocycles. The molecule has 102 valence electrons. The third kappa shape index (κ3) is 3.85. The van der Waals surface area contributed by atoms with Gasteiger partial charge in [-0.05, 0) is 38.2 Å². The third-order valence-electron chi connectivity index (χ3n) is 3.32. The predicted octanol–water partition coefficient (Wildman–Crippen LogP) is 2.67. The molecule has 0 radical (unpaired) electrons. The van der Waals surface area contributed by atoms with E-state index < -0.39 is 0 Å². The van der Waals surface area contributed by atoms with Crippen LogP contribution in [-0.2, 0) is 6.54 Å². The number of nitrogens with one attached hydrogen (secondary N) is 1. The molecule has 0 amide bonds. The van der Waals surface area contributed by atoms with Crippen molar-refractivity contribution in [1.29, 1.82) is 0 Å². The molecule has 1 aliphatic rings. The molecule has 0 spiro atoms. The minimum atomic E-state index is 0. The molecule has 1 fully saturated rings. The average molecular weight is 336 g/mol. The van der Waals surface area contributed by atoms with E-state index in [2.05, 4.69) is 39.3 Å². The van der Waals surface area contributed by atoms with Crippen molar-refractivity contribution < 1.29 is 4.74 Å². The van der Waals surface area contributed by atoms with Crippen LogP contribution in [0.3, 0.4) is 0 Å². The SMILES string of the molecule is COc1ccc(Br)cc1CN(C)C1CCNC1.Cl. The summed E-state index contributed by atoms with van der Waals surface area (Å²) in [7, 11) is 3.90. The van der Waals surface area contributed by atoms with Crippen LogP contribution in [-0.4, -0.2) is 38.2 Å². The van der Waals surface area contributed by atoms with Gasteiger partial charge in [-0.2, -0.15) is 0 Å². The van der Waals surface area contributed by atoms with Gasteiger partial charge >= 0.3 is 0 Å². The van der Waals surface area contributed by atoms with Gasteiger partial charge in [0.1, 0.15) is 5.75 Å². The Morgan fingerprint density at radius 1 is 1.50 bits per heavy atom. The van der Waals surface area contributed by atoms with Crippen LogP contribution in [0.1, 0.15) is 12.0 Å². The second kappa shape index (κ2) is 7.34. The fraction of sp³-hybridized carbons (Fsp3) is 0.538. The van der Waals surface area contributed by atoms with Gasteiger partial charge in [-0.25, -0.2) is 0 Å². The van der Waals surface area contributed by atoms with Gasteiger partial charge in [0.15, 0.2) is 0 Å². The molecule has 1 aliphatic heterocycles. The van der Waals surface area contributed by atoms with Crippen molar-refractivity contribution in [1.82, 2.24) is 10.2 Å². The maximum atomic E-state index is 5.40. The quantitative estimate of drug-likeness (QED) is 0.915. The van der Waals surface area contributed by atoms with E-state index in [9.17, 15) is 0 Å². The summed E-state index contributed by atoms with van der Waals surface area (Å²) in [6.45, 7) is 3.15. The smallest absolute Gasteiger partial charge is 0.123 e. The molecule has 1 aromatic carbocycles. The summed E-state index contributed by atoms with van der Waals surface area (Å²) in [6.07, 6.45) is 1.23. The number of likely N-dealkylation sites (N-methyl/N-ethyl adjacent to an activating group) is 1. The maximum absolute atomic E-state index is 5.40. The van der Waals surface area contributed by atoms with Gasteiger partial charge in [0.2, 0.25) is 0 Å². The summed E-state index contributed by atoms with van der Waals surface area (Å²) in [5.41, 5.74) is 1.23. The highest BCUT2D eigenvalue weighted by Gasteiger charge is 2.20. The molecule has 1 unspecified atom stereocenters. The largest absolute Gasteiger partial charge is 0.496 e. The van der Waals surface area contributed by atoms with Crippen molar-refractivity contribution in [3.05, 3.63) is 28.2 Å². The Labute approximate surface area is 123 Å². The Balaban J connectivity index is 0.00000162. The summed E-state index contributed by atoms with van der Waals surface area (Å²) in [4.78, 5) is 2.39. The van der Waals surface area contributed by atoms with Gasteiger partial charge in [-0.1, -0.05) is 15.9 Å². The zero-order valence-electron chi connectivity index (χ0n) is 10.8. The number of halogens is 2. The van der Waals surface area contributed by atoms with E-state index in [1.54, 1.807) is 7.11 Å². The highest BCUT2D eigenvalue weighted by molar-refractivity contribution is 9.10. The maximum Gasteiger partial charge on any atom is 0.123 e. The summed E-state index contributed by atoms with van der Waals surface area (Å²) in [5, 5.41) is 3.40. The summed E-state index contributed by atoms with van der Waals surface area (Å²) in [6, 6.07) is 6.80. The van der Waals surface area contributed by atoms with Crippen LogP contribution in [0, 0.1) is 0 Å².